The van der Waals surface area contributed by atoms with E-state index in [9.17, 15) is 4.79 Å². The van der Waals surface area contributed by atoms with Crippen molar-refractivity contribution in [2.75, 3.05) is 13.2 Å². The fourth-order valence-electron chi connectivity index (χ4n) is 2.24. The molecule has 0 aliphatic rings. The average molecular weight is 290 g/mol. The topological polar surface area (TPSA) is 80.0 Å². The minimum atomic E-state index is -0.154. The van der Waals surface area contributed by atoms with Crippen LogP contribution >= 0.6 is 0 Å². The number of nitrogens with zero attached hydrogens (tertiary/aromatic N) is 3. The molecule has 2 aromatic heterocycles. The van der Waals surface area contributed by atoms with Crippen molar-refractivity contribution in [2.24, 2.45) is 12.5 Å². The van der Waals surface area contributed by atoms with Crippen LogP contribution in [0, 0.1) is 12.3 Å². The summed E-state index contributed by atoms with van der Waals surface area (Å²) in [7, 11) is 1.83. The number of hydrogen-bond acceptors (Lipinski definition) is 4. The lowest BCUT2D eigenvalue weighted by Gasteiger charge is -2.23. The van der Waals surface area contributed by atoms with Crippen LogP contribution < -0.4 is 5.32 Å². The fourth-order valence-corrected chi connectivity index (χ4v) is 2.24. The normalized spacial score (nSPS) is 11.9. The highest BCUT2D eigenvalue weighted by molar-refractivity contribution is 5.97. The van der Waals surface area contributed by atoms with E-state index in [-0.39, 0.29) is 17.9 Å². The summed E-state index contributed by atoms with van der Waals surface area (Å²) in [5, 5.41) is 17.1. The molecule has 21 heavy (non-hydrogen) atoms. The van der Waals surface area contributed by atoms with E-state index in [4.69, 9.17) is 5.11 Å². The van der Waals surface area contributed by atoms with Gasteiger partial charge in [0, 0.05) is 31.8 Å². The maximum atomic E-state index is 12.2. The Bertz CT molecular complexity index is 661. The molecule has 6 nitrogen and oxygen atoms in total. The van der Waals surface area contributed by atoms with Crippen LogP contribution in [-0.2, 0) is 7.05 Å². The smallest absolute Gasteiger partial charge is 0.252 e. The minimum Gasteiger partial charge on any atom is -0.396 e. The van der Waals surface area contributed by atoms with Gasteiger partial charge >= 0.3 is 0 Å². The molecule has 0 aliphatic carbocycles. The molecule has 6 heteroatoms. The molecular formula is C15H22N4O2. The molecule has 0 spiro atoms. The summed E-state index contributed by atoms with van der Waals surface area (Å²) in [5.41, 5.74) is 2.02. The van der Waals surface area contributed by atoms with E-state index in [1.54, 1.807) is 10.9 Å². The Labute approximate surface area is 124 Å². The lowest BCUT2D eigenvalue weighted by molar-refractivity contribution is 0.0928. The first-order chi connectivity index (χ1) is 9.84. The van der Waals surface area contributed by atoms with Crippen molar-refractivity contribution in [2.45, 2.75) is 27.2 Å². The molecule has 1 amide bonds. The van der Waals surface area contributed by atoms with Crippen LogP contribution in [0.15, 0.2) is 12.3 Å². The number of pyridine rings is 1. The highest BCUT2D eigenvalue weighted by Gasteiger charge is 2.19. The van der Waals surface area contributed by atoms with Gasteiger partial charge in [0.25, 0.3) is 5.91 Å². The Hall–Kier alpha value is -1.95. The molecule has 0 saturated carbocycles. The van der Waals surface area contributed by atoms with E-state index < -0.39 is 0 Å². The number of rotatable bonds is 5. The molecule has 0 fully saturated rings. The van der Waals surface area contributed by atoms with E-state index in [1.165, 1.54) is 0 Å². The Morgan fingerprint density at radius 3 is 2.86 bits per heavy atom. The molecule has 0 unspecified atom stereocenters. The van der Waals surface area contributed by atoms with Crippen molar-refractivity contribution in [3.63, 3.8) is 0 Å². The van der Waals surface area contributed by atoms with Crippen LogP contribution in [0.3, 0.4) is 0 Å². The molecule has 0 aliphatic heterocycles. The monoisotopic (exact) mass is 290 g/mol. The lowest BCUT2D eigenvalue weighted by atomic mass is 9.89. The second-order valence-electron chi connectivity index (χ2n) is 6.12. The van der Waals surface area contributed by atoms with Crippen LogP contribution in [-0.4, -0.2) is 38.9 Å². The van der Waals surface area contributed by atoms with E-state index in [1.807, 2.05) is 33.9 Å². The number of nitrogens with one attached hydrogen (secondary N) is 1. The van der Waals surface area contributed by atoms with Gasteiger partial charge in [-0.1, -0.05) is 13.8 Å². The van der Waals surface area contributed by atoms with Crippen molar-refractivity contribution >= 4 is 16.9 Å². The molecule has 0 atom stereocenters. The number of amides is 1. The highest BCUT2D eigenvalue weighted by atomic mass is 16.3. The van der Waals surface area contributed by atoms with Crippen LogP contribution in [0.1, 0.15) is 36.3 Å². The Balaban J connectivity index is 2.15. The van der Waals surface area contributed by atoms with Crippen molar-refractivity contribution in [3.05, 3.63) is 23.5 Å². The maximum absolute atomic E-state index is 12.2. The second kappa shape index (κ2) is 5.81. The van der Waals surface area contributed by atoms with E-state index >= 15 is 0 Å². The summed E-state index contributed by atoms with van der Waals surface area (Å²) in [6, 6.07) is 1.82. The first-order valence-corrected chi connectivity index (χ1v) is 7.02. The van der Waals surface area contributed by atoms with Crippen LogP contribution in [0.4, 0.5) is 0 Å². The molecule has 0 bridgehead atoms. The summed E-state index contributed by atoms with van der Waals surface area (Å²) < 4.78 is 1.71. The van der Waals surface area contributed by atoms with E-state index in [0.717, 1.165) is 16.7 Å². The molecule has 2 rings (SSSR count). The number of hydrogen-bond donors (Lipinski definition) is 2. The van der Waals surface area contributed by atoms with Crippen LogP contribution in [0.5, 0.6) is 0 Å². The molecule has 0 radical (unpaired) electrons. The zero-order valence-corrected chi connectivity index (χ0v) is 13.0. The van der Waals surface area contributed by atoms with Crippen molar-refractivity contribution in [1.29, 1.82) is 0 Å². The summed E-state index contributed by atoms with van der Waals surface area (Å²) in [4.78, 5) is 16.5. The highest BCUT2D eigenvalue weighted by Crippen LogP contribution is 2.19. The molecular weight excluding hydrogens is 268 g/mol. The molecule has 2 N–H and O–H groups in total. The third kappa shape index (κ3) is 3.39. The number of aliphatic hydroxyl groups is 1. The number of aliphatic hydroxyl groups excluding tert-OH is 1. The maximum Gasteiger partial charge on any atom is 0.252 e. The SMILES string of the molecule is Cc1nn(C)c2ncc(C(=O)NCC(C)(C)CCO)cc12. The zero-order chi connectivity index (χ0) is 15.6. The summed E-state index contributed by atoms with van der Waals surface area (Å²) in [5.74, 6) is -0.154. The number of carbonyl (C=O) groups is 1. The first kappa shape index (κ1) is 15.4. The van der Waals surface area contributed by atoms with E-state index in [2.05, 4.69) is 15.4 Å². The van der Waals surface area contributed by atoms with Gasteiger partial charge in [0.1, 0.15) is 0 Å². The molecule has 114 valence electrons. The molecule has 2 aromatic rings. The fraction of sp³-hybridized carbons (Fsp3) is 0.533. The quantitative estimate of drug-likeness (QED) is 0.872. The predicted molar refractivity (Wildman–Crippen MR) is 81.1 cm³/mol. The Morgan fingerprint density at radius 2 is 2.19 bits per heavy atom. The molecule has 0 saturated heterocycles. The number of aryl methyl sites for hydroxylation is 2. The Kier molecular flexibility index (Phi) is 4.27. The standard InChI is InChI=1S/C15H22N4O2/c1-10-12-7-11(8-16-13(12)19(4)18-10)14(21)17-9-15(2,3)5-6-20/h7-8,20H,5-6,9H2,1-4H3,(H,17,21). The molecule has 2 heterocycles. The van der Waals surface area contributed by atoms with Gasteiger partial charge in [0.2, 0.25) is 0 Å². The third-order valence-electron chi connectivity index (χ3n) is 3.64. The van der Waals surface area contributed by atoms with Gasteiger partial charge in [-0.3, -0.25) is 9.48 Å². The Morgan fingerprint density at radius 1 is 1.48 bits per heavy atom. The first-order valence-electron chi connectivity index (χ1n) is 7.02. The lowest BCUT2D eigenvalue weighted by Crippen LogP contribution is -2.34. The summed E-state index contributed by atoms with van der Waals surface area (Å²) >= 11 is 0. The molecule has 0 aromatic carbocycles. The van der Waals surface area contributed by atoms with Crippen molar-refractivity contribution in [3.8, 4) is 0 Å². The number of fused-ring (bicyclic) bond motifs is 1. The van der Waals surface area contributed by atoms with Gasteiger partial charge in [-0.25, -0.2) is 4.98 Å². The van der Waals surface area contributed by atoms with Gasteiger partial charge in [-0.05, 0) is 24.8 Å². The van der Waals surface area contributed by atoms with Gasteiger partial charge < -0.3 is 10.4 Å². The summed E-state index contributed by atoms with van der Waals surface area (Å²) in [6.45, 7) is 6.55. The minimum absolute atomic E-state index is 0.116. The van der Waals surface area contributed by atoms with Gasteiger partial charge in [0.15, 0.2) is 5.65 Å². The van der Waals surface area contributed by atoms with Crippen molar-refractivity contribution in [1.82, 2.24) is 20.1 Å². The summed E-state index contributed by atoms with van der Waals surface area (Å²) in [6.07, 6.45) is 2.21. The van der Waals surface area contributed by atoms with Gasteiger partial charge in [0.05, 0.1) is 11.3 Å². The van der Waals surface area contributed by atoms with Crippen LogP contribution in [0.2, 0.25) is 0 Å². The average Bonchev–Trinajstić information content (AvgIpc) is 2.71. The third-order valence-corrected chi connectivity index (χ3v) is 3.64. The number of carbonyl (C=O) groups excluding carboxylic acids is 1. The number of aromatic nitrogens is 3. The largest absolute Gasteiger partial charge is 0.396 e. The van der Waals surface area contributed by atoms with E-state index in [0.29, 0.717) is 18.5 Å². The van der Waals surface area contributed by atoms with Gasteiger partial charge in [-0.15, -0.1) is 0 Å². The van der Waals surface area contributed by atoms with Crippen LogP contribution in [0.25, 0.3) is 11.0 Å². The van der Waals surface area contributed by atoms with Gasteiger partial charge in [-0.2, -0.15) is 5.10 Å². The predicted octanol–water partition coefficient (Wildman–Crippen LogP) is 1.42. The van der Waals surface area contributed by atoms with Crippen molar-refractivity contribution < 1.29 is 9.90 Å². The zero-order valence-electron chi connectivity index (χ0n) is 13.0. The second-order valence-corrected chi connectivity index (χ2v) is 6.12.